The number of nitrogens with one attached hydrogen (secondary N) is 2. The summed E-state index contributed by atoms with van der Waals surface area (Å²) in [5, 5.41) is 15.4. The molecule has 0 fully saturated rings. The van der Waals surface area contributed by atoms with Crippen molar-refractivity contribution in [3.63, 3.8) is 0 Å². The molecule has 3 heterocycles. The van der Waals surface area contributed by atoms with Gasteiger partial charge in [0.2, 0.25) is 0 Å². The van der Waals surface area contributed by atoms with Crippen molar-refractivity contribution < 1.29 is 4.79 Å². The second-order valence-electron chi connectivity index (χ2n) is 5.55. The minimum absolute atomic E-state index is 0.133. The van der Waals surface area contributed by atoms with Crippen LogP contribution < -0.4 is 10.9 Å². The number of carbonyl (C=O) groups is 1. The van der Waals surface area contributed by atoms with Crippen LogP contribution in [-0.2, 0) is 24.8 Å². The van der Waals surface area contributed by atoms with Crippen LogP contribution in [0, 0.1) is 18.3 Å². The Kier molecular flexibility index (Phi) is 4.32. The van der Waals surface area contributed by atoms with Crippen molar-refractivity contribution in [2.45, 2.75) is 19.9 Å². The highest BCUT2D eigenvalue weighted by molar-refractivity contribution is 7.10. The van der Waals surface area contributed by atoms with E-state index in [1.807, 2.05) is 0 Å². The molecule has 0 aromatic carbocycles. The topological polar surface area (TPSA) is 86.0 Å². The van der Waals surface area contributed by atoms with E-state index in [1.165, 1.54) is 10.4 Å². The molecule has 1 aliphatic heterocycles. The molecule has 1 aliphatic rings. The van der Waals surface area contributed by atoms with Crippen molar-refractivity contribution in [2.24, 2.45) is 7.05 Å². The third-order valence-corrected chi connectivity index (χ3v) is 4.93. The molecule has 0 saturated carbocycles. The molecule has 0 radical (unpaired) electrons. The van der Waals surface area contributed by atoms with Crippen LogP contribution in [0.1, 0.15) is 21.7 Å². The standard InChI is InChI=1S/C15H18N6OS/c1-10-12(7-16)15(20(2)19-10)18-17-14(22)9-21-5-3-13-11(8-21)4-6-23-13/h4,6,18H,3,5,8-9H2,1-2H3,(H,17,22). The maximum atomic E-state index is 12.1. The van der Waals surface area contributed by atoms with Gasteiger partial charge >= 0.3 is 0 Å². The number of thiophene rings is 1. The lowest BCUT2D eigenvalue weighted by atomic mass is 10.1. The number of amides is 1. The number of aromatic nitrogens is 2. The van der Waals surface area contributed by atoms with Crippen LogP contribution >= 0.6 is 11.3 Å². The van der Waals surface area contributed by atoms with Crippen molar-refractivity contribution in [1.82, 2.24) is 20.1 Å². The van der Waals surface area contributed by atoms with Crippen molar-refractivity contribution in [2.75, 3.05) is 18.5 Å². The molecule has 8 heteroatoms. The van der Waals surface area contributed by atoms with Gasteiger partial charge in [0.05, 0.1) is 12.2 Å². The van der Waals surface area contributed by atoms with E-state index in [9.17, 15) is 4.79 Å². The molecule has 0 atom stereocenters. The number of rotatable bonds is 4. The molecule has 1 amide bonds. The van der Waals surface area contributed by atoms with Gasteiger partial charge in [-0.05, 0) is 30.4 Å². The average molecular weight is 330 g/mol. The summed E-state index contributed by atoms with van der Waals surface area (Å²) in [4.78, 5) is 15.7. The summed E-state index contributed by atoms with van der Waals surface area (Å²) in [6.45, 7) is 3.77. The van der Waals surface area contributed by atoms with Crippen molar-refractivity contribution in [1.29, 1.82) is 5.26 Å². The smallest absolute Gasteiger partial charge is 0.252 e. The van der Waals surface area contributed by atoms with E-state index in [-0.39, 0.29) is 5.91 Å². The van der Waals surface area contributed by atoms with Crippen LogP contribution in [0.2, 0.25) is 0 Å². The summed E-state index contributed by atoms with van der Waals surface area (Å²) in [7, 11) is 1.73. The third-order valence-electron chi connectivity index (χ3n) is 3.91. The maximum absolute atomic E-state index is 12.1. The Morgan fingerprint density at radius 1 is 1.57 bits per heavy atom. The fourth-order valence-corrected chi connectivity index (χ4v) is 3.64. The first-order valence-electron chi connectivity index (χ1n) is 7.34. The van der Waals surface area contributed by atoms with Crippen molar-refractivity contribution in [3.05, 3.63) is 33.1 Å². The normalized spacial score (nSPS) is 14.1. The van der Waals surface area contributed by atoms with Gasteiger partial charge in [0, 0.05) is 25.0 Å². The van der Waals surface area contributed by atoms with Gasteiger partial charge in [0.15, 0.2) is 5.82 Å². The van der Waals surface area contributed by atoms with Crippen LogP contribution in [-0.4, -0.2) is 33.7 Å². The molecule has 3 rings (SSSR count). The summed E-state index contributed by atoms with van der Waals surface area (Å²) >= 11 is 1.78. The monoisotopic (exact) mass is 330 g/mol. The zero-order chi connectivity index (χ0) is 16.4. The Morgan fingerprint density at radius 3 is 3.17 bits per heavy atom. The highest BCUT2D eigenvalue weighted by Crippen LogP contribution is 2.23. The first-order chi connectivity index (χ1) is 11.1. The summed E-state index contributed by atoms with van der Waals surface area (Å²) < 4.78 is 1.55. The number of fused-ring (bicyclic) bond motifs is 1. The molecule has 23 heavy (non-hydrogen) atoms. The maximum Gasteiger partial charge on any atom is 0.252 e. The zero-order valence-electron chi connectivity index (χ0n) is 13.1. The number of nitriles is 1. The van der Waals surface area contributed by atoms with E-state index in [2.05, 4.69) is 38.4 Å². The van der Waals surface area contributed by atoms with E-state index in [4.69, 9.17) is 5.26 Å². The van der Waals surface area contributed by atoms with Gasteiger partial charge in [-0.2, -0.15) is 10.4 Å². The van der Waals surface area contributed by atoms with Gasteiger partial charge in [-0.3, -0.25) is 25.2 Å². The van der Waals surface area contributed by atoms with Gasteiger partial charge in [0.25, 0.3) is 5.91 Å². The van der Waals surface area contributed by atoms with Crippen LogP contribution in [0.4, 0.5) is 5.82 Å². The molecular formula is C15H18N6OS. The minimum Gasteiger partial charge on any atom is -0.290 e. The Hall–Kier alpha value is -2.37. The van der Waals surface area contributed by atoms with E-state index < -0.39 is 0 Å². The first kappa shape index (κ1) is 15.5. The van der Waals surface area contributed by atoms with Gasteiger partial charge in [-0.15, -0.1) is 11.3 Å². The van der Waals surface area contributed by atoms with Gasteiger partial charge in [-0.1, -0.05) is 0 Å². The Balaban J connectivity index is 1.56. The Bertz CT molecular complexity index is 772. The van der Waals surface area contributed by atoms with Gasteiger partial charge in [-0.25, -0.2) is 0 Å². The average Bonchev–Trinajstić information content (AvgIpc) is 3.08. The summed E-state index contributed by atoms with van der Waals surface area (Å²) in [6, 6.07) is 4.22. The van der Waals surface area contributed by atoms with Crippen LogP contribution in [0.15, 0.2) is 11.4 Å². The number of hydrogen-bond acceptors (Lipinski definition) is 6. The molecule has 7 nitrogen and oxygen atoms in total. The second kappa shape index (κ2) is 6.40. The molecule has 120 valence electrons. The molecular weight excluding hydrogens is 312 g/mol. The number of anilines is 1. The van der Waals surface area contributed by atoms with Crippen molar-refractivity contribution in [3.8, 4) is 6.07 Å². The van der Waals surface area contributed by atoms with Crippen LogP contribution in [0.25, 0.3) is 0 Å². The molecule has 0 saturated heterocycles. The number of aryl methyl sites for hydroxylation is 2. The largest absolute Gasteiger partial charge is 0.290 e. The molecule has 2 aromatic heterocycles. The molecule has 2 N–H and O–H groups in total. The van der Waals surface area contributed by atoms with Crippen LogP contribution in [0.3, 0.4) is 0 Å². The highest BCUT2D eigenvalue weighted by Gasteiger charge is 2.19. The first-order valence-corrected chi connectivity index (χ1v) is 8.22. The van der Waals surface area contributed by atoms with Crippen molar-refractivity contribution >= 4 is 23.1 Å². The van der Waals surface area contributed by atoms with E-state index in [1.54, 1.807) is 30.0 Å². The molecule has 0 bridgehead atoms. The molecule has 0 aliphatic carbocycles. The number of nitrogens with zero attached hydrogens (tertiary/aromatic N) is 4. The lowest BCUT2D eigenvalue weighted by Gasteiger charge is -2.26. The number of hydrogen-bond donors (Lipinski definition) is 2. The lowest BCUT2D eigenvalue weighted by molar-refractivity contribution is -0.121. The molecule has 0 unspecified atom stereocenters. The van der Waals surface area contributed by atoms with Gasteiger partial charge < -0.3 is 0 Å². The SMILES string of the molecule is Cc1nn(C)c(NNC(=O)CN2CCc3sccc3C2)c1C#N. The predicted octanol–water partition coefficient (Wildman–Crippen LogP) is 1.16. The van der Waals surface area contributed by atoms with E-state index in [0.29, 0.717) is 23.6 Å². The highest BCUT2D eigenvalue weighted by atomic mass is 32.1. The second-order valence-corrected chi connectivity index (χ2v) is 6.55. The van der Waals surface area contributed by atoms with E-state index >= 15 is 0 Å². The number of carbonyl (C=O) groups excluding carboxylic acids is 1. The minimum atomic E-state index is -0.133. The fourth-order valence-electron chi connectivity index (χ4n) is 2.75. The summed E-state index contributed by atoms with van der Waals surface area (Å²) in [5.41, 5.74) is 7.85. The quantitative estimate of drug-likeness (QED) is 0.822. The number of hydrazine groups is 1. The summed E-state index contributed by atoms with van der Waals surface area (Å²) in [6.07, 6.45) is 0.993. The predicted molar refractivity (Wildman–Crippen MR) is 87.7 cm³/mol. The Labute approximate surface area is 138 Å². The summed E-state index contributed by atoms with van der Waals surface area (Å²) in [5.74, 6) is 0.364. The fraction of sp³-hybridized carbons (Fsp3) is 0.400. The van der Waals surface area contributed by atoms with E-state index in [0.717, 1.165) is 19.5 Å². The van der Waals surface area contributed by atoms with Gasteiger partial charge in [0.1, 0.15) is 11.6 Å². The lowest BCUT2D eigenvalue weighted by Crippen LogP contribution is -2.41. The third kappa shape index (κ3) is 3.21. The zero-order valence-corrected chi connectivity index (χ0v) is 13.9. The molecule has 0 spiro atoms. The molecule has 2 aromatic rings. The van der Waals surface area contributed by atoms with Crippen LogP contribution in [0.5, 0.6) is 0 Å². The Morgan fingerprint density at radius 2 is 2.39 bits per heavy atom.